The molecule has 0 unspecified atom stereocenters. The van der Waals surface area contributed by atoms with Crippen LogP contribution in [0.5, 0.6) is 0 Å². The summed E-state index contributed by atoms with van der Waals surface area (Å²) in [5.41, 5.74) is 5.62. The van der Waals surface area contributed by atoms with Crippen LogP contribution in [0.25, 0.3) is 0 Å². The molecule has 2 heterocycles. The molecule has 0 aromatic heterocycles. The monoisotopic (exact) mass is 476 g/mol. The molecule has 2 aromatic carbocycles. The minimum Gasteiger partial charge on any atom is -0.478 e. The number of nitrogens with zero attached hydrogens (tertiary/aromatic N) is 2. The average molecular weight is 477 g/mol. The van der Waals surface area contributed by atoms with Crippen LogP contribution in [0.15, 0.2) is 36.4 Å². The summed E-state index contributed by atoms with van der Waals surface area (Å²) in [6.45, 7) is 7.66. The number of benzene rings is 2. The zero-order valence-corrected chi connectivity index (χ0v) is 20.9. The Kier molecular flexibility index (Phi) is 8.01. The van der Waals surface area contributed by atoms with Gasteiger partial charge >= 0.3 is 5.97 Å². The summed E-state index contributed by atoms with van der Waals surface area (Å²) >= 11 is 0. The largest absolute Gasteiger partial charge is 0.478 e. The van der Waals surface area contributed by atoms with Crippen molar-refractivity contribution in [2.75, 3.05) is 26.2 Å². The SMILES string of the molecule is CC(=O)N1CCC(CCC(=O)c2ccc3c(c2)CCN(Cc2cccc(C(=O)O)c2C)CC3)CC1. The van der Waals surface area contributed by atoms with Crippen LogP contribution in [0.3, 0.4) is 0 Å². The number of hydrogen-bond acceptors (Lipinski definition) is 4. The first-order valence-electron chi connectivity index (χ1n) is 12.8. The van der Waals surface area contributed by atoms with Crippen LogP contribution >= 0.6 is 0 Å². The van der Waals surface area contributed by atoms with Crippen molar-refractivity contribution in [3.8, 4) is 0 Å². The molecule has 0 spiro atoms. The van der Waals surface area contributed by atoms with E-state index in [1.54, 1.807) is 13.0 Å². The Bertz CT molecular complexity index is 1100. The van der Waals surface area contributed by atoms with E-state index in [0.717, 1.165) is 81.5 Å². The van der Waals surface area contributed by atoms with Crippen LogP contribution in [-0.4, -0.2) is 58.7 Å². The summed E-state index contributed by atoms with van der Waals surface area (Å²) in [7, 11) is 0. The lowest BCUT2D eigenvalue weighted by Crippen LogP contribution is -2.37. The van der Waals surface area contributed by atoms with Gasteiger partial charge in [0.25, 0.3) is 0 Å². The van der Waals surface area contributed by atoms with Crippen molar-refractivity contribution in [2.45, 2.75) is 58.9 Å². The van der Waals surface area contributed by atoms with Crippen molar-refractivity contribution in [1.82, 2.24) is 9.80 Å². The summed E-state index contributed by atoms with van der Waals surface area (Å²) in [4.78, 5) is 40.2. The van der Waals surface area contributed by atoms with E-state index in [9.17, 15) is 19.5 Å². The van der Waals surface area contributed by atoms with Gasteiger partial charge in [-0.2, -0.15) is 0 Å². The van der Waals surface area contributed by atoms with Crippen LogP contribution in [0.1, 0.15) is 75.6 Å². The van der Waals surface area contributed by atoms with Gasteiger partial charge in [0.05, 0.1) is 5.56 Å². The number of Topliss-reactive ketones (excluding diaryl/α,β-unsaturated/α-hetero) is 1. The first-order valence-corrected chi connectivity index (χ1v) is 12.8. The van der Waals surface area contributed by atoms with E-state index in [0.29, 0.717) is 17.9 Å². The molecule has 186 valence electrons. The molecular weight excluding hydrogens is 440 g/mol. The third-order valence-corrected chi connectivity index (χ3v) is 7.83. The Morgan fingerprint density at radius 1 is 0.971 bits per heavy atom. The van der Waals surface area contributed by atoms with Gasteiger partial charge in [0, 0.05) is 51.6 Å². The molecule has 0 saturated carbocycles. The van der Waals surface area contributed by atoms with E-state index in [1.165, 1.54) is 11.1 Å². The molecule has 0 radical (unpaired) electrons. The molecule has 6 nitrogen and oxygen atoms in total. The highest BCUT2D eigenvalue weighted by Crippen LogP contribution is 2.25. The van der Waals surface area contributed by atoms with Crippen molar-refractivity contribution in [1.29, 1.82) is 0 Å². The number of aromatic carboxylic acids is 1. The Morgan fingerprint density at radius 3 is 2.37 bits per heavy atom. The molecule has 1 fully saturated rings. The number of amides is 1. The fourth-order valence-corrected chi connectivity index (χ4v) is 5.45. The number of ketones is 1. The first-order chi connectivity index (χ1) is 16.8. The van der Waals surface area contributed by atoms with Crippen molar-refractivity contribution in [3.63, 3.8) is 0 Å². The molecule has 35 heavy (non-hydrogen) atoms. The number of rotatable bonds is 7. The molecule has 0 atom stereocenters. The van der Waals surface area contributed by atoms with Gasteiger partial charge in [-0.3, -0.25) is 14.5 Å². The predicted octanol–water partition coefficient (Wildman–Crippen LogP) is 4.52. The number of carboxylic acids is 1. The van der Waals surface area contributed by atoms with Gasteiger partial charge in [-0.1, -0.05) is 24.3 Å². The molecular formula is C29H36N2O4. The molecule has 4 rings (SSSR count). The van der Waals surface area contributed by atoms with Crippen LogP contribution in [0.2, 0.25) is 0 Å². The van der Waals surface area contributed by atoms with Crippen LogP contribution in [0, 0.1) is 12.8 Å². The molecule has 6 heteroatoms. The highest BCUT2D eigenvalue weighted by atomic mass is 16.4. The number of hydrogen-bond donors (Lipinski definition) is 1. The van der Waals surface area contributed by atoms with Gasteiger partial charge < -0.3 is 10.0 Å². The molecule has 2 aromatic rings. The lowest BCUT2D eigenvalue weighted by molar-refractivity contribution is -0.130. The third kappa shape index (κ3) is 6.17. The molecule has 0 aliphatic carbocycles. The van der Waals surface area contributed by atoms with E-state index in [4.69, 9.17) is 0 Å². The molecule has 1 N–H and O–H groups in total. The van der Waals surface area contributed by atoms with Crippen molar-refractivity contribution < 1.29 is 19.5 Å². The van der Waals surface area contributed by atoms with E-state index in [1.807, 2.05) is 30.0 Å². The van der Waals surface area contributed by atoms with Crippen molar-refractivity contribution in [2.24, 2.45) is 5.92 Å². The second kappa shape index (κ2) is 11.2. The molecule has 1 amide bonds. The lowest BCUT2D eigenvalue weighted by atomic mass is 9.89. The van der Waals surface area contributed by atoms with Crippen molar-refractivity contribution in [3.05, 3.63) is 69.8 Å². The van der Waals surface area contributed by atoms with Gasteiger partial charge in [-0.25, -0.2) is 4.79 Å². The zero-order valence-electron chi connectivity index (χ0n) is 20.9. The maximum Gasteiger partial charge on any atom is 0.335 e. The molecule has 0 bridgehead atoms. The highest BCUT2D eigenvalue weighted by molar-refractivity contribution is 5.96. The number of fused-ring (bicyclic) bond motifs is 1. The Hall–Kier alpha value is -2.99. The van der Waals surface area contributed by atoms with Gasteiger partial charge in [-0.15, -0.1) is 0 Å². The Balaban J connectivity index is 1.33. The van der Waals surface area contributed by atoms with Gasteiger partial charge in [0.1, 0.15) is 0 Å². The number of carbonyl (C=O) groups is 3. The summed E-state index contributed by atoms with van der Waals surface area (Å²) in [6.07, 6.45) is 5.25. The average Bonchev–Trinajstić information content (AvgIpc) is 3.05. The number of piperidine rings is 1. The Morgan fingerprint density at radius 2 is 1.69 bits per heavy atom. The van der Waals surface area contributed by atoms with Crippen molar-refractivity contribution >= 4 is 17.7 Å². The smallest absolute Gasteiger partial charge is 0.335 e. The maximum atomic E-state index is 12.9. The van der Waals surface area contributed by atoms with E-state index < -0.39 is 5.97 Å². The van der Waals surface area contributed by atoms with Gasteiger partial charge in [0.2, 0.25) is 5.91 Å². The predicted molar refractivity (Wildman–Crippen MR) is 136 cm³/mol. The second-order valence-electron chi connectivity index (χ2n) is 10.1. The normalized spacial score (nSPS) is 17.0. The molecule has 2 aliphatic heterocycles. The van der Waals surface area contributed by atoms with Crippen LogP contribution < -0.4 is 0 Å². The summed E-state index contributed by atoms with van der Waals surface area (Å²) in [5, 5.41) is 9.42. The molecule has 2 aliphatic rings. The maximum absolute atomic E-state index is 12.9. The zero-order chi connectivity index (χ0) is 24.9. The standard InChI is InChI=1S/C29H36N2O4/c1-20-26(4-3-5-27(20)29(34)35)19-30-14-12-23-7-8-25(18-24(23)13-15-30)28(33)9-6-22-10-16-31(17-11-22)21(2)32/h3-5,7-8,18,22H,6,9-17,19H2,1-2H3,(H,34,35). The lowest BCUT2D eigenvalue weighted by Gasteiger charge is -2.31. The summed E-state index contributed by atoms with van der Waals surface area (Å²) < 4.78 is 0. The van der Waals surface area contributed by atoms with E-state index in [-0.39, 0.29) is 11.7 Å². The van der Waals surface area contributed by atoms with Crippen LogP contribution in [-0.2, 0) is 24.2 Å². The fraction of sp³-hybridized carbons (Fsp3) is 0.483. The van der Waals surface area contributed by atoms with Gasteiger partial charge in [-0.05, 0) is 79.3 Å². The quantitative estimate of drug-likeness (QED) is 0.595. The third-order valence-electron chi connectivity index (χ3n) is 7.83. The van der Waals surface area contributed by atoms with Gasteiger partial charge in [0.15, 0.2) is 5.78 Å². The number of carboxylic acid groups (broad SMARTS) is 1. The Labute approximate surface area is 207 Å². The number of carbonyl (C=O) groups excluding carboxylic acids is 2. The second-order valence-corrected chi connectivity index (χ2v) is 10.1. The topological polar surface area (TPSA) is 77.9 Å². The van der Waals surface area contributed by atoms with Crippen LogP contribution in [0.4, 0.5) is 0 Å². The summed E-state index contributed by atoms with van der Waals surface area (Å²) in [5.74, 6) is -0.00523. The highest BCUT2D eigenvalue weighted by Gasteiger charge is 2.22. The first kappa shape index (κ1) is 25.1. The minimum absolute atomic E-state index is 0.145. The summed E-state index contributed by atoms with van der Waals surface area (Å²) in [6, 6.07) is 11.7. The van der Waals surface area contributed by atoms with E-state index in [2.05, 4.69) is 17.0 Å². The van der Waals surface area contributed by atoms with E-state index >= 15 is 0 Å². The number of likely N-dealkylation sites (tertiary alicyclic amines) is 1. The fourth-order valence-electron chi connectivity index (χ4n) is 5.45. The minimum atomic E-state index is -0.883. The molecule has 1 saturated heterocycles.